The molecule has 7 heteroatoms. The first-order chi connectivity index (χ1) is 10.2. The van der Waals surface area contributed by atoms with E-state index in [0.29, 0.717) is 16.8 Å². The van der Waals surface area contributed by atoms with Crippen molar-refractivity contribution in [3.05, 3.63) is 35.4 Å². The number of hydrogen-bond donors (Lipinski definition) is 1. The molecule has 0 heterocycles. The number of hydrogen-bond acceptors (Lipinski definition) is 5. The minimum Gasteiger partial charge on any atom is -0.399 e. The Morgan fingerprint density at radius 2 is 1.57 bits per heavy atom. The van der Waals surface area contributed by atoms with Crippen molar-refractivity contribution < 1.29 is 16.8 Å². The van der Waals surface area contributed by atoms with Crippen LogP contribution in [0, 0.1) is 5.41 Å². The maximum Gasteiger partial charge on any atom is 0.201 e. The maximum absolute atomic E-state index is 12.5. The van der Waals surface area contributed by atoms with Crippen LogP contribution in [0.3, 0.4) is 0 Å². The van der Waals surface area contributed by atoms with Crippen molar-refractivity contribution in [3.8, 4) is 0 Å². The zero-order valence-corrected chi connectivity index (χ0v) is 15.7. The Morgan fingerprint density at radius 1 is 1.04 bits per heavy atom. The van der Waals surface area contributed by atoms with Gasteiger partial charge in [0.2, 0.25) is 4.08 Å². The average Bonchev–Trinajstić information content (AvgIpc) is 2.32. The second-order valence-corrected chi connectivity index (χ2v) is 11.9. The molecule has 0 saturated carbocycles. The molecule has 2 rings (SSSR count). The molecule has 0 unspecified atom stereocenters. The normalized spacial score (nSPS) is 18.2. The molecule has 0 spiro atoms. The van der Waals surface area contributed by atoms with Crippen LogP contribution < -0.4 is 5.73 Å². The van der Waals surface area contributed by atoms with Gasteiger partial charge in [-0.15, -0.1) is 0 Å². The van der Waals surface area contributed by atoms with Crippen molar-refractivity contribution in [2.75, 3.05) is 18.2 Å². The summed E-state index contributed by atoms with van der Waals surface area (Å²) in [4.78, 5) is 0. The SMILES string of the molecule is CC(C)(C)C1=CCC(S(C)(=O)=O)(S(C)(=O)=O)c2ccc(N)cc21. The molecule has 128 valence electrons. The monoisotopic (exact) mass is 357 g/mol. The molecule has 1 aliphatic carbocycles. The first-order valence-corrected chi connectivity index (χ1v) is 11.0. The van der Waals surface area contributed by atoms with Gasteiger partial charge in [0, 0.05) is 24.6 Å². The van der Waals surface area contributed by atoms with Crippen LogP contribution in [-0.2, 0) is 23.8 Å². The summed E-state index contributed by atoms with van der Waals surface area (Å²) in [5.41, 5.74) is 7.87. The summed E-state index contributed by atoms with van der Waals surface area (Å²) in [6.07, 6.45) is 3.59. The van der Waals surface area contributed by atoms with E-state index < -0.39 is 23.8 Å². The van der Waals surface area contributed by atoms with Crippen molar-refractivity contribution >= 4 is 30.9 Å². The van der Waals surface area contributed by atoms with E-state index in [9.17, 15) is 16.8 Å². The smallest absolute Gasteiger partial charge is 0.201 e. The zero-order valence-electron chi connectivity index (χ0n) is 14.0. The second-order valence-electron chi connectivity index (χ2n) is 7.17. The number of allylic oxidation sites excluding steroid dienone is 2. The van der Waals surface area contributed by atoms with Crippen molar-refractivity contribution in [3.63, 3.8) is 0 Å². The molecule has 0 atom stereocenters. The fourth-order valence-corrected chi connectivity index (χ4v) is 7.39. The zero-order chi connectivity index (χ0) is 17.8. The Kier molecular flexibility index (Phi) is 3.97. The molecule has 0 saturated heterocycles. The van der Waals surface area contributed by atoms with Gasteiger partial charge in [0.05, 0.1) is 0 Å². The summed E-state index contributed by atoms with van der Waals surface area (Å²) < 4.78 is 48.1. The summed E-state index contributed by atoms with van der Waals surface area (Å²) in [5, 5.41) is 0. The lowest BCUT2D eigenvalue weighted by molar-refractivity contribution is 0.536. The van der Waals surface area contributed by atoms with Gasteiger partial charge in [-0.3, -0.25) is 0 Å². The third kappa shape index (κ3) is 2.70. The van der Waals surface area contributed by atoms with Gasteiger partial charge in [-0.05, 0) is 34.2 Å². The highest BCUT2D eigenvalue weighted by atomic mass is 32.3. The standard InChI is InChI=1S/C16H23NO4S2/c1-15(2,3)13-8-9-16(22(4,18)19,23(5,20)21)14-7-6-11(17)10-12(13)14/h6-8,10H,9,17H2,1-5H3. The molecule has 1 aromatic rings. The molecule has 0 bridgehead atoms. The van der Waals surface area contributed by atoms with Crippen LogP contribution in [0.2, 0.25) is 0 Å². The molecule has 1 aromatic carbocycles. The van der Waals surface area contributed by atoms with E-state index in [1.165, 1.54) is 6.07 Å². The lowest BCUT2D eigenvalue weighted by Gasteiger charge is -2.38. The van der Waals surface area contributed by atoms with E-state index in [1.807, 2.05) is 20.8 Å². The van der Waals surface area contributed by atoms with E-state index in [2.05, 4.69) is 0 Å². The quantitative estimate of drug-likeness (QED) is 0.820. The van der Waals surface area contributed by atoms with Crippen molar-refractivity contribution in [2.24, 2.45) is 5.41 Å². The van der Waals surface area contributed by atoms with Gasteiger partial charge in [0.25, 0.3) is 0 Å². The predicted octanol–water partition coefficient (Wildman–Crippen LogP) is 2.34. The van der Waals surface area contributed by atoms with E-state index in [4.69, 9.17) is 5.73 Å². The first kappa shape index (κ1) is 18.0. The summed E-state index contributed by atoms with van der Waals surface area (Å²) in [7, 11) is -7.83. The predicted molar refractivity (Wildman–Crippen MR) is 94.3 cm³/mol. The molecule has 23 heavy (non-hydrogen) atoms. The maximum atomic E-state index is 12.5. The third-order valence-corrected chi connectivity index (χ3v) is 9.31. The lowest BCUT2D eigenvalue weighted by Crippen LogP contribution is -2.44. The summed E-state index contributed by atoms with van der Waals surface area (Å²) >= 11 is 0. The molecular formula is C16H23NO4S2. The molecule has 1 aliphatic rings. The van der Waals surface area contributed by atoms with Gasteiger partial charge in [0.1, 0.15) is 0 Å². The van der Waals surface area contributed by atoms with Gasteiger partial charge < -0.3 is 5.73 Å². The topological polar surface area (TPSA) is 94.3 Å². The molecule has 2 N–H and O–H groups in total. The van der Waals surface area contributed by atoms with Crippen LogP contribution in [0.4, 0.5) is 5.69 Å². The van der Waals surface area contributed by atoms with E-state index >= 15 is 0 Å². The number of fused-ring (bicyclic) bond motifs is 1. The Labute approximate surface area is 138 Å². The number of sulfone groups is 2. The highest BCUT2D eigenvalue weighted by Gasteiger charge is 2.54. The highest BCUT2D eigenvalue weighted by Crippen LogP contribution is 2.50. The van der Waals surface area contributed by atoms with Gasteiger partial charge in [-0.25, -0.2) is 16.8 Å². The second kappa shape index (κ2) is 5.08. The van der Waals surface area contributed by atoms with Crippen LogP contribution in [0.5, 0.6) is 0 Å². The van der Waals surface area contributed by atoms with Crippen molar-refractivity contribution in [2.45, 2.75) is 31.3 Å². The molecule has 5 nitrogen and oxygen atoms in total. The van der Waals surface area contributed by atoms with Crippen molar-refractivity contribution in [1.29, 1.82) is 0 Å². The molecule has 0 aromatic heterocycles. The Bertz CT molecular complexity index is 856. The first-order valence-electron chi connectivity index (χ1n) is 7.22. The fraction of sp³-hybridized carbons (Fsp3) is 0.500. The third-order valence-electron chi connectivity index (χ3n) is 4.33. The van der Waals surface area contributed by atoms with Gasteiger partial charge in [-0.2, -0.15) is 0 Å². The lowest BCUT2D eigenvalue weighted by atomic mass is 9.76. The van der Waals surface area contributed by atoms with Crippen LogP contribution in [0.25, 0.3) is 5.57 Å². The van der Waals surface area contributed by atoms with Crippen LogP contribution >= 0.6 is 0 Å². The van der Waals surface area contributed by atoms with Gasteiger partial charge in [-0.1, -0.05) is 32.9 Å². The molecule has 0 aliphatic heterocycles. The van der Waals surface area contributed by atoms with Crippen LogP contribution in [0.15, 0.2) is 24.3 Å². The van der Waals surface area contributed by atoms with E-state index in [-0.39, 0.29) is 11.8 Å². The molecule has 0 amide bonds. The molecule has 0 radical (unpaired) electrons. The van der Waals surface area contributed by atoms with Crippen LogP contribution in [-0.4, -0.2) is 29.3 Å². The van der Waals surface area contributed by atoms with E-state index in [1.54, 1.807) is 18.2 Å². The van der Waals surface area contributed by atoms with Gasteiger partial charge >= 0.3 is 0 Å². The minimum absolute atomic E-state index is 0.0891. The average molecular weight is 357 g/mol. The van der Waals surface area contributed by atoms with Crippen LogP contribution in [0.1, 0.15) is 38.3 Å². The highest BCUT2D eigenvalue weighted by molar-refractivity contribution is 8.09. The van der Waals surface area contributed by atoms with Crippen molar-refractivity contribution in [1.82, 2.24) is 0 Å². The fourth-order valence-electron chi connectivity index (χ4n) is 3.26. The number of rotatable bonds is 2. The van der Waals surface area contributed by atoms with E-state index in [0.717, 1.165) is 18.1 Å². The largest absolute Gasteiger partial charge is 0.399 e. The molecule has 0 fully saturated rings. The molecular weight excluding hydrogens is 334 g/mol. The Balaban J connectivity index is 2.98. The summed E-state index contributed by atoms with van der Waals surface area (Å²) in [6, 6.07) is 4.75. The Morgan fingerprint density at radius 3 is 2.00 bits per heavy atom. The summed E-state index contributed by atoms with van der Waals surface area (Å²) in [6.45, 7) is 6.00. The number of nitrogens with two attached hydrogens (primary N) is 1. The number of nitrogen functional groups attached to an aromatic ring is 1. The van der Waals surface area contributed by atoms with Gasteiger partial charge in [0.15, 0.2) is 19.7 Å². The Hall–Kier alpha value is -1.34. The minimum atomic E-state index is -3.91. The summed E-state index contributed by atoms with van der Waals surface area (Å²) in [5.74, 6) is 0. The number of benzene rings is 1. The number of anilines is 1.